The summed E-state index contributed by atoms with van der Waals surface area (Å²) >= 11 is 0. The average Bonchev–Trinajstić information content (AvgIpc) is 2.29. The normalized spacial score (nSPS) is 11.6. The van der Waals surface area contributed by atoms with Gasteiger partial charge in [0.1, 0.15) is 6.04 Å². The zero-order chi connectivity index (χ0) is 12.8. The molecule has 17 heavy (non-hydrogen) atoms. The summed E-state index contributed by atoms with van der Waals surface area (Å²) in [6, 6.07) is 0.656. The molecule has 0 radical (unpaired) electrons. The lowest BCUT2D eigenvalue weighted by molar-refractivity contribution is -0.145. The second-order valence-electron chi connectivity index (χ2n) is 3.33. The molecule has 0 saturated carbocycles. The van der Waals surface area contributed by atoms with Gasteiger partial charge in [-0.2, -0.15) is 0 Å². The molecule has 7 heteroatoms. The van der Waals surface area contributed by atoms with E-state index in [9.17, 15) is 14.4 Å². The first kappa shape index (κ1) is 12.9. The predicted octanol–water partition coefficient (Wildman–Crippen LogP) is -1.08. The molecular weight excluding hydrogens is 226 g/mol. The summed E-state index contributed by atoms with van der Waals surface area (Å²) in [5.74, 6) is -0.992. The van der Waals surface area contributed by atoms with Gasteiger partial charge in [-0.25, -0.2) is 14.6 Å². The molecule has 0 aliphatic heterocycles. The number of esters is 1. The van der Waals surface area contributed by atoms with Gasteiger partial charge in [0.2, 0.25) is 5.91 Å². The second-order valence-corrected chi connectivity index (χ2v) is 3.33. The maximum Gasteiger partial charge on any atom is 0.347 e. The smallest absolute Gasteiger partial charge is 0.347 e. The number of hydrogen-bond acceptors (Lipinski definition) is 5. The molecule has 0 aliphatic carbocycles. The molecule has 1 amide bonds. The fourth-order valence-corrected chi connectivity index (χ4v) is 1.29. The number of amides is 1. The van der Waals surface area contributed by atoms with E-state index in [4.69, 9.17) is 0 Å². The van der Waals surface area contributed by atoms with Crippen molar-refractivity contribution < 1.29 is 14.3 Å². The van der Waals surface area contributed by atoms with E-state index in [1.54, 1.807) is 6.07 Å². The summed E-state index contributed by atoms with van der Waals surface area (Å²) in [7, 11) is 1.21. The monoisotopic (exact) mass is 239 g/mol. The van der Waals surface area contributed by atoms with Crippen LogP contribution in [-0.2, 0) is 20.9 Å². The number of hydrogen-bond donors (Lipinski definition) is 1. The van der Waals surface area contributed by atoms with E-state index in [0.717, 1.165) is 0 Å². The van der Waals surface area contributed by atoms with Crippen molar-refractivity contribution in [2.24, 2.45) is 0 Å². The van der Waals surface area contributed by atoms with Crippen LogP contribution in [0.25, 0.3) is 0 Å². The Kier molecular flexibility index (Phi) is 4.38. The Hall–Kier alpha value is -2.18. The maximum absolute atomic E-state index is 11.4. The molecule has 1 aromatic rings. The Morgan fingerprint density at radius 1 is 1.59 bits per heavy atom. The van der Waals surface area contributed by atoms with Crippen LogP contribution in [0.3, 0.4) is 0 Å². The molecular formula is C10H13N3O4. The van der Waals surface area contributed by atoms with Crippen LogP contribution in [0.15, 0.2) is 23.3 Å². The van der Waals surface area contributed by atoms with Crippen molar-refractivity contribution in [1.29, 1.82) is 0 Å². The van der Waals surface area contributed by atoms with E-state index in [1.165, 1.54) is 31.0 Å². The van der Waals surface area contributed by atoms with Crippen LogP contribution in [0, 0.1) is 0 Å². The SMILES string of the molecule is COC(=O)C(Cn1cccnc1=O)NC(C)=O. The van der Waals surface area contributed by atoms with Crippen LogP contribution in [0.2, 0.25) is 0 Å². The third-order valence-electron chi connectivity index (χ3n) is 2.03. The molecule has 1 unspecified atom stereocenters. The molecule has 1 aromatic heterocycles. The molecule has 1 atom stereocenters. The number of ether oxygens (including phenoxy) is 1. The quantitative estimate of drug-likeness (QED) is 0.675. The third kappa shape index (κ3) is 3.71. The highest BCUT2D eigenvalue weighted by molar-refractivity contribution is 5.83. The third-order valence-corrected chi connectivity index (χ3v) is 2.03. The van der Waals surface area contributed by atoms with E-state index in [1.807, 2.05) is 0 Å². The van der Waals surface area contributed by atoms with Crippen LogP contribution in [0.5, 0.6) is 0 Å². The summed E-state index contributed by atoms with van der Waals surface area (Å²) in [6.45, 7) is 1.26. The van der Waals surface area contributed by atoms with E-state index < -0.39 is 17.7 Å². The first-order chi connectivity index (χ1) is 8.04. The number of methoxy groups -OCH3 is 1. The van der Waals surface area contributed by atoms with Crippen molar-refractivity contribution >= 4 is 11.9 Å². The van der Waals surface area contributed by atoms with Crippen molar-refractivity contribution in [3.8, 4) is 0 Å². The molecule has 0 fully saturated rings. The van der Waals surface area contributed by atoms with Crippen molar-refractivity contribution in [3.63, 3.8) is 0 Å². The predicted molar refractivity (Wildman–Crippen MR) is 58.1 cm³/mol. The molecule has 0 spiro atoms. The topological polar surface area (TPSA) is 90.3 Å². The second kappa shape index (κ2) is 5.78. The Morgan fingerprint density at radius 3 is 2.82 bits per heavy atom. The van der Waals surface area contributed by atoms with Crippen molar-refractivity contribution in [3.05, 3.63) is 28.9 Å². The van der Waals surface area contributed by atoms with Crippen LogP contribution >= 0.6 is 0 Å². The molecule has 0 saturated heterocycles. The largest absolute Gasteiger partial charge is 0.467 e. The van der Waals surface area contributed by atoms with Gasteiger partial charge in [-0.1, -0.05) is 0 Å². The van der Waals surface area contributed by atoms with Gasteiger partial charge in [0, 0.05) is 19.3 Å². The fourth-order valence-electron chi connectivity index (χ4n) is 1.29. The van der Waals surface area contributed by atoms with Gasteiger partial charge >= 0.3 is 11.7 Å². The molecule has 0 aromatic carbocycles. The number of carbonyl (C=O) groups excluding carboxylic acids is 2. The first-order valence-corrected chi connectivity index (χ1v) is 4.91. The van der Waals surface area contributed by atoms with Gasteiger partial charge < -0.3 is 10.1 Å². The Morgan fingerprint density at radius 2 is 2.29 bits per heavy atom. The molecule has 0 aliphatic rings. The van der Waals surface area contributed by atoms with E-state index in [2.05, 4.69) is 15.0 Å². The zero-order valence-electron chi connectivity index (χ0n) is 9.54. The lowest BCUT2D eigenvalue weighted by atomic mass is 10.3. The van der Waals surface area contributed by atoms with Crippen molar-refractivity contribution in [2.75, 3.05) is 7.11 Å². The highest BCUT2D eigenvalue weighted by Crippen LogP contribution is 1.93. The molecule has 1 rings (SSSR count). The van der Waals surface area contributed by atoms with Gasteiger partial charge in [0.15, 0.2) is 0 Å². The number of nitrogens with one attached hydrogen (secondary N) is 1. The zero-order valence-corrected chi connectivity index (χ0v) is 9.54. The van der Waals surface area contributed by atoms with Gasteiger partial charge in [0.25, 0.3) is 0 Å². The molecule has 1 N–H and O–H groups in total. The van der Waals surface area contributed by atoms with Crippen LogP contribution < -0.4 is 11.0 Å². The molecule has 0 bridgehead atoms. The lowest BCUT2D eigenvalue weighted by Gasteiger charge is -2.16. The van der Waals surface area contributed by atoms with Gasteiger partial charge in [0.05, 0.1) is 13.7 Å². The maximum atomic E-state index is 11.4. The average molecular weight is 239 g/mol. The van der Waals surface area contributed by atoms with Gasteiger partial charge in [-0.05, 0) is 6.07 Å². The Balaban J connectivity index is 2.86. The van der Waals surface area contributed by atoms with Crippen LogP contribution in [0.1, 0.15) is 6.92 Å². The van der Waals surface area contributed by atoms with Crippen molar-refractivity contribution in [1.82, 2.24) is 14.9 Å². The summed E-state index contributed by atoms with van der Waals surface area (Å²) in [4.78, 5) is 37.2. The summed E-state index contributed by atoms with van der Waals surface area (Å²) < 4.78 is 5.76. The summed E-state index contributed by atoms with van der Waals surface area (Å²) in [5.41, 5.74) is -0.494. The number of aromatic nitrogens is 2. The first-order valence-electron chi connectivity index (χ1n) is 4.91. The molecule has 92 valence electrons. The Labute approximate surface area is 97.4 Å². The van der Waals surface area contributed by atoms with Crippen molar-refractivity contribution in [2.45, 2.75) is 19.5 Å². The molecule has 1 heterocycles. The highest BCUT2D eigenvalue weighted by atomic mass is 16.5. The van der Waals surface area contributed by atoms with Crippen LogP contribution in [-0.4, -0.2) is 34.6 Å². The van der Waals surface area contributed by atoms with Gasteiger partial charge in [-0.15, -0.1) is 0 Å². The minimum atomic E-state index is -0.903. The Bertz CT molecular complexity index is 469. The van der Waals surface area contributed by atoms with Crippen LogP contribution in [0.4, 0.5) is 0 Å². The standard InChI is InChI=1S/C10H13N3O4/c1-7(14)12-8(9(15)17-2)6-13-5-3-4-11-10(13)16/h3-5,8H,6H2,1-2H3,(H,12,14). The van der Waals surface area contributed by atoms with E-state index in [0.29, 0.717) is 0 Å². The minimum absolute atomic E-state index is 0.0150. The highest BCUT2D eigenvalue weighted by Gasteiger charge is 2.20. The number of rotatable bonds is 4. The van der Waals surface area contributed by atoms with E-state index >= 15 is 0 Å². The number of carbonyl (C=O) groups is 2. The molecule has 7 nitrogen and oxygen atoms in total. The minimum Gasteiger partial charge on any atom is -0.467 e. The summed E-state index contributed by atoms with van der Waals surface area (Å²) in [5, 5.41) is 2.41. The van der Waals surface area contributed by atoms with Gasteiger partial charge in [-0.3, -0.25) is 9.36 Å². The fraction of sp³-hybridized carbons (Fsp3) is 0.400. The lowest BCUT2D eigenvalue weighted by Crippen LogP contribution is -2.45. The number of nitrogens with zero attached hydrogens (tertiary/aromatic N) is 2. The van der Waals surface area contributed by atoms with E-state index in [-0.39, 0.29) is 12.5 Å². The summed E-state index contributed by atoms with van der Waals surface area (Å²) in [6.07, 6.45) is 2.83.